The van der Waals surface area contributed by atoms with Crippen molar-refractivity contribution in [3.8, 4) is 11.5 Å². The van der Waals surface area contributed by atoms with Crippen LogP contribution in [0.5, 0.6) is 11.5 Å². The molecule has 5 atom stereocenters. The lowest BCUT2D eigenvalue weighted by atomic mass is 9.75. The molecule has 2 aromatic rings. The number of aromatic amines is 1. The second-order valence-electron chi connectivity index (χ2n) is 9.37. The molecule has 3 fully saturated rings. The van der Waals surface area contributed by atoms with Gasteiger partial charge in [0.05, 0.1) is 25.3 Å². The van der Waals surface area contributed by atoms with Crippen LogP contribution in [0, 0.1) is 17.8 Å². The monoisotopic (exact) mass is 488 g/mol. The van der Waals surface area contributed by atoms with Crippen LogP contribution in [0.2, 0.25) is 0 Å². The van der Waals surface area contributed by atoms with Crippen LogP contribution in [0.1, 0.15) is 35.6 Å². The number of hydrogen-bond donors (Lipinski definition) is 1. The van der Waals surface area contributed by atoms with Gasteiger partial charge in [0.25, 0.3) is 5.91 Å². The Morgan fingerprint density at radius 1 is 1.21 bits per heavy atom. The second kappa shape index (κ2) is 8.67. The summed E-state index contributed by atoms with van der Waals surface area (Å²) in [7, 11) is 1.63. The first-order valence-corrected chi connectivity index (χ1v) is 13.4. The van der Waals surface area contributed by atoms with Gasteiger partial charge in [-0.3, -0.25) is 9.59 Å². The van der Waals surface area contributed by atoms with Gasteiger partial charge in [-0.05, 0) is 54.7 Å². The number of amides is 1. The number of fused-ring (bicyclic) bond motifs is 6. The van der Waals surface area contributed by atoms with E-state index in [1.807, 2.05) is 23.9 Å². The van der Waals surface area contributed by atoms with Crippen molar-refractivity contribution in [1.82, 2.24) is 9.88 Å². The number of thioether (sulfide) groups is 1. The summed E-state index contributed by atoms with van der Waals surface area (Å²) in [5.74, 6) is 3.37. The molecule has 2 saturated carbocycles. The molecule has 9 heteroatoms. The minimum atomic E-state index is -0.0414. The average Bonchev–Trinajstić information content (AvgIpc) is 3.55. The van der Waals surface area contributed by atoms with Crippen molar-refractivity contribution in [3.05, 3.63) is 38.3 Å². The minimum Gasteiger partial charge on any atom is -0.493 e. The SMILES string of the molecule is COc1cc([C@H]2c3sc(=O)[nH]c3SC3C4CCC(C4)C32)ccc1OCC(=O)N1CCOCC1. The highest BCUT2D eigenvalue weighted by Gasteiger charge is 2.54. The molecule has 1 aromatic carbocycles. The van der Waals surface area contributed by atoms with E-state index in [2.05, 4.69) is 11.1 Å². The van der Waals surface area contributed by atoms with Crippen molar-refractivity contribution >= 4 is 29.0 Å². The normalized spacial score (nSPS) is 30.1. The van der Waals surface area contributed by atoms with Gasteiger partial charge in [-0.2, -0.15) is 0 Å². The number of carbonyl (C=O) groups excluding carboxylic acids is 1. The van der Waals surface area contributed by atoms with Gasteiger partial charge in [-0.1, -0.05) is 17.4 Å². The van der Waals surface area contributed by atoms with E-state index in [4.69, 9.17) is 14.2 Å². The Balaban J connectivity index is 1.27. The van der Waals surface area contributed by atoms with Crippen LogP contribution >= 0.6 is 23.1 Å². The number of methoxy groups -OCH3 is 1. The van der Waals surface area contributed by atoms with Gasteiger partial charge >= 0.3 is 4.87 Å². The van der Waals surface area contributed by atoms with Crippen LogP contribution in [0.4, 0.5) is 0 Å². The largest absolute Gasteiger partial charge is 0.493 e. The lowest BCUT2D eigenvalue weighted by Crippen LogP contribution is -2.43. The maximum absolute atomic E-state index is 12.5. The van der Waals surface area contributed by atoms with Gasteiger partial charge in [0.15, 0.2) is 18.1 Å². The van der Waals surface area contributed by atoms with E-state index in [1.54, 1.807) is 12.0 Å². The maximum atomic E-state index is 12.5. The van der Waals surface area contributed by atoms with E-state index in [1.165, 1.54) is 30.6 Å². The zero-order valence-electron chi connectivity index (χ0n) is 18.6. The Morgan fingerprint density at radius 3 is 2.85 bits per heavy atom. The number of benzene rings is 1. The van der Waals surface area contributed by atoms with E-state index in [9.17, 15) is 9.59 Å². The van der Waals surface area contributed by atoms with E-state index < -0.39 is 0 Å². The fraction of sp³-hybridized carbons (Fsp3) is 0.583. The summed E-state index contributed by atoms with van der Waals surface area (Å²) in [5.41, 5.74) is 1.16. The molecular weight excluding hydrogens is 460 g/mol. The first kappa shape index (κ1) is 21.6. The Kier molecular flexibility index (Phi) is 5.66. The topological polar surface area (TPSA) is 80.9 Å². The number of hydrogen-bond acceptors (Lipinski definition) is 7. The van der Waals surface area contributed by atoms with E-state index in [-0.39, 0.29) is 23.3 Å². The molecule has 1 aromatic heterocycles. The van der Waals surface area contributed by atoms with Crippen molar-refractivity contribution in [2.75, 3.05) is 40.0 Å². The number of nitrogens with zero attached hydrogens (tertiary/aromatic N) is 1. The lowest BCUT2D eigenvalue weighted by Gasteiger charge is -2.40. The van der Waals surface area contributed by atoms with Gasteiger partial charge in [0, 0.05) is 29.1 Å². The summed E-state index contributed by atoms with van der Waals surface area (Å²) in [6.45, 7) is 2.32. The van der Waals surface area contributed by atoms with Crippen molar-refractivity contribution in [2.24, 2.45) is 17.8 Å². The molecule has 33 heavy (non-hydrogen) atoms. The molecule has 6 rings (SSSR count). The fourth-order valence-electron chi connectivity index (χ4n) is 6.26. The summed E-state index contributed by atoms with van der Waals surface area (Å²) in [4.78, 5) is 30.8. The van der Waals surface area contributed by atoms with Crippen molar-refractivity contribution in [2.45, 2.75) is 35.5 Å². The highest BCUT2D eigenvalue weighted by atomic mass is 32.2. The Hall–Kier alpha value is -1.97. The third-order valence-corrected chi connectivity index (χ3v) is 10.4. The molecular formula is C24H28N2O5S2. The lowest BCUT2D eigenvalue weighted by molar-refractivity contribution is -0.137. The summed E-state index contributed by atoms with van der Waals surface area (Å²) in [6, 6.07) is 6.06. The van der Waals surface area contributed by atoms with Gasteiger partial charge < -0.3 is 24.1 Å². The number of aromatic nitrogens is 1. The average molecular weight is 489 g/mol. The Labute approximate surface area is 200 Å². The molecule has 0 spiro atoms. The number of H-pyrrole nitrogens is 1. The van der Waals surface area contributed by atoms with Crippen LogP contribution < -0.4 is 14.3 Å². The standard InChI is InChI=1S/C24H28N2O5S2/c1-29-17-11-14(4-5-16(17)31-12-18(27)26-6-8-30-9-7-26)20-19-13-2-3-15(10-13)21(19)32-23-22(20)33-24(28)25-23/h4-5,11,13,15,19-21H,2-3,6-10,12H2,1H3,(H,25,28)/t13?,15?,19?,20-,21?/m1/s1. The molecule has 2 aliphatic heterocycles. The summed E-state index contributed by atoms with van der Waals surface area (Å²) >= 11 is 3.25. The van der Waals surface area contributed by atoms with Gasteiger partial charge in [-0.15, -0.1) is 11.8 Å². The Morgan fingerprint density at radius 2 is 2.03 bits per heavy atom. The molecule has 3 heterocycles. The number of rotatable bonds is 5. The first-order valence-electron chi connectivity index (χ1n) is 11.7. The molecule has 0 radical (unpaired) electrons. The third kappa shape index (κ3) is 3.78. The summed E-state index contributed by atoms with van der Waals surface area (Å²) in [6.07, 6.45) is 3.90. The zero-order valence-corrected chi connectivity index (χ0v) is 20.2. The van der Waals surface area contributed by atoms with Crippen LogP contribution in [-0.2, 0) is 9.53 Å². The van der Waals surface area contributed by atoms with E-state index >= 15 is 0 Å². The molecule has 2 bridgehead atoms. The Bertz CT molecular complexity index is 1110. The molecule has 1 amide bonds. The predicted molar refractivity (Wildman–Crippen MR) is 127 cm³/mol. The van der Waals surface area contributed by atoms with Gasteiger partial charge in [0.2, 0.25) is 0 Å². The number of nitrogens with one attached hydrogen (secondary N) is 1. The van der Waals surface area contributed by atoms with Crippen molar-refractivity contribution in [3.63, 3.8) is 0 Å². The number of ether oxygens (including phenoxy) is 3. The number of morpholine rings is 1. The molecule has 176 valence electrons. The molecule has 7 nitrogen and oxygen atoms in total. The summed E-state index contributed by atoms with van der Waals surface area (Å²) < 4.78 is 16.9. The molecule has 1 saturated heterocycles. The highest BCUT2D eigenvalue weighted by molar-refractivity contribution is 8.00. The van der Waals surface area contributed by atoms with Crippen LogP contribution in [-0.4, -0.2) is 61.1 Å². The van der Waals surface area contributed by atoms with Gasteiger partial charge in [0.1, 0.15) is 0 Å². The fourth-order valence-corrected chi connectivity index (χ4v) is 9.16. The molecule has 4 unspecified atom stereocenters. The predicted octanol–water partition coefficient (Wildman–Crippen LogP) is 3.33. The molecule has 4 aliphatic rings. The van der Waals surface area contributed by atoms with Crippen LogP contribution in [0.25, 0.3) is 0 Å². The van der Waals surface area contributed by atoms with E-state index in [0.717, 1.165) is 27.3 Å². The zero-order chi connectivity index (χ0) is 22.5. The highest BCUT2D eigenvalue weighted by Crippen LogP contribution is 2.63. The third-order valence-electron chi connectivity index (χ3n) is 7.73. The van der Waals surface area contributed by atoms with E-state index in [0.29, 0.717) is 49.0 Å². The van der Waals surface area contributed by atoms with Crippen LogP contribution in [0.3, 0.4) is 0 Å². The minimum absolute atomic E-state index is 0.0200. The first-order chi connectivity index (χ1) is 16.1. The molecule has 1 N–H and O–H groups in total. The smallest absolute Gasteiger partial charge is 0.305 e. The second-order valence-corrected chi connectivity index (χ2v) is 11.6. The number of thiazole rings is 1. The van der Waals surface area contributed by atoms with Gasteiger partial charge in [-0.25, -0.2) is 0 Å². The molecule has 2 aliphatic carbocycles. The number of carbonyl (C=O) groups is 1. The quantitative estimate of drug-likeness (QED) is 0.695. The maximum Gasteiger partial charge on any atom is 0.305 e. The van der Waals surface area contributed by atoms with Crippen LogP contribution in [0.15, 0.2) is 28.0 Å². The van der Waals surface area contributed by atoms with Crippen molar-refractivity contribution in [1.29, 1.82) is 0 Å². The van der Waals surface area contributed by atoms with Crippen molar-refractivity contribution < 1.29 is 19.0 Å². The summed E-state index contributed by atoms with van der Waals surface area (Å²) in [5, 5.41) is 1.62.